The van der Waals surface area contributed by atoms with Gasteiger partial charge in [0, 0.05) is 0 Å². The molecule has 1 heterocycles. The first-order chi connectivity index (χ1) is 11.4. The van der Waals surface area contributed by atoms with E-state index in [4.69, 9.17) is 21.1 Å². The molecule has 1 amide bonds. The molecule has 0 bridgehead atoms. The van der Waals surface area contributed by atoms with Crippen LogP contribution in [0.25, 0.3) is 0 Å². The Hall–Kier alpha value is -2.31. The Morgan fingerprint density at radius 2 is 2.04 bits per heavy atom. The van der Waals surface area contributed by atoms with Gasteiger partial charge in [-0.1, -0.05) is 17.7 Å². The van der Waals surface area contributed by atoms with Crippen molar-refractivity contribution in [2.24, 2.45) is 0 Å². The van der Waals surface area contributed by atoms with E-state index in [1.165, 1.54) is 6.07 Å². The van der Waals surface area contributed by atoms with Gasteiger partial charge in [0.2, 0.25) is 6.79 Å². The van der Waals surface area contributed by atoms with Gasteiger partial charge in [0.15, 0.2) is 11.5 Å². The fourth-order valence-electron chi connectivity index (χ4n) is 2.35. The fourth-order valence-corrected chi connectivity index (χ4v) is 2.61. The number of benzene rings is 2. The van der Waals surface area contributed by atoms with E-state index in [1.807, 2.05) is 0 Å². The van der Waals surface area contributed by atoms with E-state index in [-0.39, 0.29) is 23.9 Å². The molecule has 2 aromatic rings. The maximum atomic E-state index is 13.0. The lowest BCUT2D eigenvalue weighted by Crippen LogP contribution is -2.38. The van der Waals surface area contributed by atoms with Gasteiger partial charge in [0.25, 0.3) is 5.91 Å². The van der Waals surface area contributed by atoms with Crippen molar-refractivity contribution in [1.82, 2.24) is 5.32 Å². The van der Waals surface area contributed by atoms with E-state index in [1.54, 1.807) is 25.1 Å². The van der Waals surface area contributed by atoms with Crippen LogP contribution in [0.3, 0.4) is 0 Å². The Labute approximate surface area is 143 Å². The molecule has 5 nitrogen and oxygen atoms in total. The van der Waals surface area contributed by atoms with E-state index in [0.29, 0.717) is 17.1 Å². The zero-order valence-electron chi connectivity index (χ0n) is 12.8. The molecule has 0 aromatic heterocycles. The van der Waals surface area contributed by atoms with Crippen LogP contribution in [0, 0.1) is 5.82 Å². The number of carbonyl (C=O) groups excluding carboxylic acids is 1. The molecule has 2 aromatic carbocycles. The topological polar surface area (TPSA) is 67.8 Å². The van der Waals surface area contributed by atoms with Gasteiger partial charge in [-0.3, -0.25) is 4.79 Å². The van der Waals surface area contributed by atoms with Crippen molar-refractivity contribution in [3.05, 3.63) is 58.4 Å². The Bertz CT molecular complexity index is 794. The van der Waals surface area contributed by atoms with Crippen LogP contribution in [0.1, 0.15) is 22.8 Å². The second kappa shape index (κ2) is 6.30. The molecular weight excluding hydrogens is 337 g/mol. The van der Waals surface area contributed by atoms with Gasteiger partial charge in [0.1, 0.15) is 11.4 Å². The highest BCUT2D eigenvalue weighted by Crippen LogP contribution is 2.35. The van der Waals surface area contributed by atoms with Crippen molar-refractivity contribution in [2.45, 2.75) is 12.5 Å². The first-order valence-corrected chi connectivity index (χ1v) is 7.60. The summed E-state index contributed by atoms with van der Waals surface area (Å²) in [7, 11) is 0. The van der Waals surface area contributed by atoms with E-state index >= 15 is 0 Å². The highest BCUT2D eigenvalue weighted by atomic mass is 35.5. The number of rotatable bonds is 4. The Kier molecular flexibility index (Phi) is 4.34. The van der Waals surface area contributed by atoms with E-state index in [2.05, 4.69) is 5.32 Å². The lowest BCUT2D eigenvalue weighted by molar-refractivity contribution is 0.0525. The summed E-state index contributed by atoms with van der Waals surface area (Å²) in [6.45, 7) is 1.65. The highest BCUT2D eigenvalue weighted by molar-refractivity contribution is 6.33. The van der Waals surface area contributed by atoms with Gasteiger partial charge < -0.3 is 19.9 Å². The quantitative estimate of drug-likeness (QED) is 0.888. The Morgan fingerprint density at radius 1 is 1.29 bits per heavy atom. The molecular formula is C17H15ClFNO4. The SMILES string of the molecule is C[C@](O)(CNC(=O)c1ccc(F)cc1Cl)c1ccc2c(c1)OCO2. The van der Waals surface area contributed by atoms with Crippen LogP contribution in [0.4, 0.5) is 4.39 Å². The molecule has 1 aliphatic rings. The summed E-state index contributed by atoms with van der Waals surface area (Å²) in [4.78, 5) is 12.2. The third kappa shape index (κ3) is 3.29. The van der Waals surface area contributed by atoms with Crippen LogP contribution in [0.15, 0.2) is 36.4 Å². The fraction of sp³-hybridized carbons (Fsp3) is 0.235. The molecule has 0 aliphatic carbocycles. The summed E-state index contributed by atoms with van der Waals surface area (Å²) in [5, 5.41) is 13.2. The van der Waals surface area contributed by atoms with Gasteiger partial charge in [-0.15, -0.1) is 0 Å². The molecule has 2 N–H and O–H groups in total. The van der Waals surface area contributed by atoms with Crippen LogP contribution in [-0.4, -0.2) is 24.4 Å². The first-order valence-electron chi connectivity index (χ1n) is 7.22. The third-order valence-electron chi connectivity index (χ3n) is 3.76. The van der Waals surface area contributed by atoms with E-state index in [9.17, 15) is 14.3 Å². The number of ether oxygens (including phenoxy) is 2. The zero-order valence-corrected chi connectivity index (χ0v) is 13.6. The minimum Gasteiger partial charge on any atom is -0.454 e. The Morgan fingerprint density at radius 3 is 2.79 bits per heavy atom. The molecule has 126 valence electrons. The average Bonchev–Trinajstić information content (AvgIpc) is 3.00. The van der Waals surface area contributed by atoms with Crippen molar-refractivity contribution >= 4 is 17.5 Å². The standard InChI is InChI=1S/C17H15ClFNO4/c1-17(22,10-2-5-14-15(6-10)24-9-23-14)8-20-16(21)12-4-3-11(19)7-13(12)18/h2-7,22H,8-9H2,1H3,(H,20,21)/t17-/m0/s1. The van der Waals surface area contributed by atoms with Crippen LogP contribution < -0.4 is 14.8 Å². The molecule has 24 heavy (non-hydrogen) atoms. The number of aliphatic hydroxyl groups is 1. The number of fused-ring (bicyclic) bond motifs is 1. The van der Waals surface area contributed by atoms with Gasteiger partial charge in [-0.05, 0) is 42.8 Å². The van der Waals surface area contributed by atoms with Crippen molar-refractivity contribution in [1.29, 1.82) is 0 Å². The van der Waals surface area contributed by atoms with Crippen molar-refractivity contribution in [2.75, 3.05) is 13.3 Å². The van der Waals surface area contributed by atoms with Crippen molar-refractivity contribution < 1.29 is 23.8 Å². The Balaban J connectivity index is 1.71. The van der Waals surface area contributed by atoms with E-state index in [0.717, 1.165) is 12.1 Å². The summed E-state index contributed by atoms with van der Waals surface area (Å²) in [6, 6.07) is 8.57. The maximum absolute atomic E-state index is 13.0. The first kappa shape index (κ1) is 16.5. The summed E-state index contributed by atoms with van der Waals surface area (Å²) in [5.41, 5.74) is -0.625. The third-order valence-corrected chi connectivity index (χ3v) is 4.08. The lowest BCUT2D eigenvalue weighted by Gasteiger charge is -2.24. The molecule has 0 radical (unpaired) electrons. The molecule has 3 rings (SSSR count). The van der Waals surface area contributed by atoms with Gasteiger partial charge in [-0.2, -0.15) is 0 Å². The largest absolute Gasteiger partial charge is 0.454 e. The van der Waals surface area contributed by atoms with Crippen LogP contribution in [-0.2, 0) is 5.60 Å². The molecule has 0 fully saturated rings. The summed E-state index contributed by atoms with van der Waals surface area (Å²) < 4.78 is 23.5. The molecule has 1 aliphatic heterocycles. The zero-order chi connectivity index (χ0) is 17.3. The van der Waals surface area contributed by atoms with Crippen LogP contribution >= 0.6 is 11.6 Å². The molecule has 0 unspecified atom stereocenters. The van der Waals surface area contributed by atoms with Gasteiger partial charge >= 0.3 is 0 Å². The normalized spacial score (nSPS) is 15.0. The maximum Gasteiger partial charge on any atom is 0.252 e. The molecule has 0 saturated heterocycles. The van der Waals surface area contributed by atoms with Crippen LogP contribution in [0.5, 0.6) is 11.5 Å². The van der Waals surface area contributed by atoms with Gasteiger partial charge in [-0.25, -0.2) is 4.39 Å². The van der Waals surface area contributed by atoms with Gasteiger partial charge in [0.05, 0.1) is 17.1 Å². The smallest absolute Gasteiger partial charge is 0.252 e. The average molecular weight is 352 g/mol. The summed E-state index contributed by atoms with van der Waals surface area (Å²) in [6.07, 6.45) is 0. The molecule has 7 heteroatoms. The lowest BCUT2D eigenvalue weighted by atomic mass is 9.95. The van der Waals surface area contributed by atoms with E-state index < -0.39 is 17.3 Å². The second-order valence-electron chi connectivity index (χ2n) is 5.65. The number of amides is 1. The predicted molar refractivity (Wildman–Crippen MR) is 85.9 cm³/mol. The minimum atomic E-state index is -1.33. The summed E-state index contributed by atoms with van der Waals surface area (Å²) in [5.74, 6) is 0.127. The molecule has 0 saturated carbocycles. The minimum absolute atomic E-state index is 0.00947. The number of halogens is 2. The number of hydrogen-bond donors (Lipinski definition) is 2. The molecule has 0 spiro atoms. The molecule has 1 atom stereocenters. The second-order valence-corrected chi connectivity index (χ2v) is 6.06. The summed E-state index contributed by atoms with van der Waals surface area (Å²) >= 11 is 5.86. The monoisotopic (exact) mass is 351 g/mol. The predicted octanol–water partition coefficient (Wildman–Crippen LogP) is 2.85. The highest BCUT2D eigenvalue weighted by Gasteiger charge is 2.27. The number of hydrogen-bond acceptors (Lipinski definition) is 4. The van der Waals surface area contributed by atoms with Crippen molar-refractivity contribution in [3.63, 3.8) is 0 Å². The van der Waals surface area contributed by atoms with Crippen LogP contribution in [0.2, 0.25) is 5.02 Å². The number of nitrogens with one attached hydrogen (secondary N) is 1. The van der Waals surface area contributed by atoms with Crippen molar-refractivity contribution in [3.8, 4) is 11.5 Å². The number of carbonyl (C=O) groups is 1.